The van der Waals surface area contributed by atoms with Crippen molar-refractivity contribution in [3.8, 4) is 0 Å². The van der Waals surface area contributed by atoms with Gasteiger partial charge >= 0.3 is 12.1 Å². The lowest BCUT2D eigenvalue weighted by Crippen LogP contribution is -2.56. The van der Waals surface area contributed by atoms with Gasteiger partial charge in [0.05, 0.1) is 5.69 Å². The Bertz CT molecular complexity index is 955. The first kappa shape index (κ1) is 22.3. The standard InChI is InChI=1S/C23H27N3O5/c1-23(2,3)31-22(30)26-18-12-8-7-11-16(18)14-19(26)20(27)25-24-17(21(28)29)13-15-9-5-4-6-10-15/h4-12,17,19,24H,13-14H2,1-3H3,(H,25,27)(H,28,29)/t17-,19?/m0/s1. The zero-order valence-corrected chi connectivity index (χ0v) is 17.8. The number of anilines is 1. The van der Waals surface area contributed by atoms with Crippen molar-refractivity contribution in [1.29, 1.82) is 0 Å². The molecule has 3 N–H and O–H groups in total. The van der Waals surface area contributed by atoms with Gasteiger partial charge in [-0.15, -0.1) is 0 Å². The Morgan fingerprint density at radius 3 is 2.39 bits per heavy atom. The van der Waals surface area contributed by atoms with Crippen LogP contribution in [0.2, 0.25) is 0 Å². The molecule has 1 unspecified atom stereocenters. The molecule has 0 radical (unpaired) electrons. The highest BCUT2D eigenvalue weighted by molar-refractivity contribution is 6.00. The van der Waals surface area contributed by atoms with Gasteiger partial charge < -0.3 is 9.84 Å². The van der Waals surface area contributed by atoms with Crippen molar-refractivity contribution < 1.29 is 24.2 Å². The van der Waals surface area contributed by atoms with Crippen LogP contribution in [0, 0.1) is 0 Å². The molecule has 0 aliphatic carbocycles. The molecule has 31 heavy (non-hydrogen) atoms. The maximum atomic E-state index is 13.0. The van der Waals surface area contributed by atoms with E-state index in [1.807, 2.05) is 42.5 Å². The molecule has 0 aromatic heterocycles. The molecule has 3 rings (SSSR count). The Morgan fingerprint density at radius 2 is 1.74 bits per heavy atom. The van der Waals surface area contributed by atoms with E-state index < -0.39 is 35.7 Å². The summed E-state index contributed by atoms with van der Waals surface area (Å²) in [7, 11) is 0. The molecule has 2 atom stereocenters. The minimum atomic E-state index is -1.09. The van der Waals surface area contributed by atoms with Crippen LogP contribution < -0.4 is 15.8 Å². The van der Waals surface area contributed by atoms with Gasteiger partial charge in [-0.05, 0) is 38.0 Å². The number of nitrogens with one attached hydrogen (secondary N) is 2. The van der Waals surface area contributed by atoms with Gasteiger partial charge in [0.1, 0.15) is 17.7 Å². The summed E-state index contributed by atoms with van der Waals surface area (Å²) in [5.74, 6) is -1.61. The zero-order chi connectivity index (χ0) is 22.6. The first-order valence-electron chi connectivity index (χ1n) is 10.1. The summed E-state index contributed by atoms with van der Waals surface area (Å²) < 4.78 is 5.49. The predicted octanol–water partition coefficient (Wildman–Crippen LogP) is 2.67. The number of rotatable bonds is 6. The van der Waals surface area contributed by atoms with Crippen LogP contribution in [-0.4, -0.2) is 40.8 Å². The van der Waals surface area contributed by atoms with E-state index in [1.165, 1.54) is 4.90 Å². The summed E-state index contributed by atoms with van der Waals surface area (Å²) in [5.41, 5.74) is 6.63. The molecule has 8 heteroatoms. The lowest BCUT2D eigenvalue weighted by molar-refractivity contribution is -0.140. The van der Waals surface area contributed by atoms with Crippen LogP contribution in [0.3, 0.4) is 0 Å². The molecule has 0 saturated carbocycles. The molecular formula is C23H27N3O5. The smallest absolute Gasteiger partial charge is 0.415 e. The molecule has 0 spiro atoms. The van der Waals surface area contributed by atoms with Gasteiger partial charge in [-0.25, -0.2) is 10.2 Å². The lowest BCUT2D eigenvalue weighted by atomic mass is 10.1. The van der Waals surface area contributed by atoms with Gasteiger partial charge in [0.2, 0.25) is 0 Å². The Balaban J connectivity index is 1.73. The predicted molar refractivity (Wildman–Crippen MR) is 115 cm³/mol. The number of ether oxygens (including phenoxy) is 1. The van der Waals surface area contributed by atoms with Gasteiger partial charge in [-0.1, -0.05) is 48.5 Å². The van der Waals surface area contributed by atoms with E-state index >= 15 is 0 Å². The maximum absolute atomic E-state index is 13.0. The van der Waals surface area contributed by atoms with E-state index in [-0.39, 0.29) is 6.42 Å². The zero-order valence-electron chi connectivity index (χ0n) is 17.8. The number of para-hydroxylation sites is 1. The van der Waals surface area contributed by atoms with Crippen molar-refractivity contribution in [2.24, 2.45) is 0 Å². The Labute approximate surface area is 181 Å². The Morgan fingerprint density at radius 1 is 1.10 bits per heavy atom. The number of aliphatic carboxylic acids is 1. The lowest BCUT2D eigenvalue weighted by Gasteiger charge is -2.29. The molecule has 2 amide bonds. The van der Waals surface area contributed by atoms with Gasteiger partial charge in [0.25, 0.3) is 5.91 Å². The molecule has 0 fully saturated rings. The summed E-state index contributed by atoms with van der Waals surface area (Å²) in [4.78, 5) is 38.8. The van der Waals surface area contributed by atoms with Crippen LogP contribution in [0.15, 0.2) is 54.6 Å². The topological polar surface area (TPSA) is 108 Å². The second-order valence-electron chi connectivity index (χ2n) is 8.41. The number of fused-ring (bicyclic) bond motifs is 1. The summed E-state index contributed by atoms with van der Waals surface area (Å²) in [6, 6.07) is 14.5. The van der Waals surface area contributed by atoms with Gasteiger partial charge in [-0.3, -0.25) is 19.9 Å². The average Bonchev–Trinajstić information content (AvgIpc) is 3.10. The molecule has 8 nitrogen and oxygen atoms in total. The van der Waals surface area contributed by atoms with Gasteiger partial charge in [0, 0.05) is 12.8 Å². The highest BCUT2D eigenvalue weighted by Gasteiger charge is 2.40. The van der Waals surface area contributed by atoms with E-state index in [4.69, 9.17) is 4.74 Å². The van der Waals surface area contributed by atoms with E-state index in [9.17, 15) is 19.5 Å². The molecule has 2 aromatic rings. The third kappa shape index (κ3) is 5.61. The van der Waals surface area contributed by atoms with E-state index in [0.29, 0.717) is 12.1 Å². The highest BCUT2D eigenvalue weighted by Crippen LogP contribution is 2.33. The molecule has 1 aliphatic rings. The van der Waals surface area contributed by atoms with Crippen molar-refractivity contribution in [2.45, 2.75) is 51.3 Å². The molecule has 1 heterocycles. The molecule has 0 saturated heterocycles. The number of amides is 2. The molecule has 2 aromatic carbocycles. The van der Waals surface area contributed by atoms with Gasteiger partial charge in [0.15, 0.2) is 0 Å². The largest absolute Gasteiger partial charge is 0.480 e. The van der Waals surface area contributed by atoms with Crippen LogP contribution in [0.1, 0.15) is 31.9 Å². The van der Waals surface area contributed by atoms with Gasteiger partial charge in [-0.2, -0.15) is 0 Å². The Kier molecular flexibility index (Phi) is 6.60. The average molecular weight is 425 g/mol. The molecule has 164 valence electrons. The van der Waals surface area contributed by atoms with Crippen LogP contribution in [0.4, 0.5) is 10.5 Å². The van der Waals surface area contributed by atoms with Crippen LogP contribution in [0.25, 0.3) is 0 Å². The highest BCUT2D eigenvalue weighted by atomic mass is 16.6. The Hall–Kier alpha value is -3.39. The van der Waals surface area contributed by atoms with Crippen LogP contribution in [0.5, 0.6) is 0 Å². The second kappa shape index (κ2) is 9.18. The summed E-state index contributed by atoms with van der Waals surface area (Å²) in [6.07, 6.45) is -0.132. The number of hydrogen-bond donors (Lipinski definition) is 3. The minimum Gasteiger partial charge on any atom is -0.480 e. The first-order valence-corrected chi connectivity index (χ1v) is 10.1. The number of carbonyl (C=O) groups excluding carboxylic acids is 2. The van der Waals surface area contributed by atoms with Crippen molar-refractivity contribution in [3.63, 3.8) is 0 Å². The van der Waals surface area contributed by atoms with Crippen molar-refractivity contribution in [2.75, 3.05) is 4.90 Å². The quantitative estimate of drug-likeness (QED) is 0.614. The van der Waals surface area contributed by atoms with Crippen molar-refractivity contribution in [3.05, 3.63) is 65.7 Å². The van der Waals surface area contributed by atoms with Crippen LogP contribution in [-0.2, 0) is 27.2 Å². The molecule has 1 aliphatic heterocycles. The summed E-state index contributed by atoms with van der Waals surface area (Å²) >= 11 is 0. The number of carboxylic acid groups (broad SMARTS) is 1. The number of carbonyl (C=O) groups is 3. The van der Waals surface area contributed by atoms with Crippen LogP contribution >= 0.6 is 0 Å². The summed E-state index contributed by atoms with van der Waals surface area (Å²) in [6.45, 7) is 5.26. The molecular weight excluding hydrogens is 398 g/mol. The minimum absolute atomic E-state index is 0.192. The number of hydrazine groups is 1. The number of hydrogen-bond acceptors (Lipinski definition) is 5. The third-order valence-corrected chi connectivity index (χ3v) is 4.82. The third-order valence-electron chi connectivity index (χ3n) is 4.82. The van der Waals surface area contributed by atoms with Crippen molar-refractivity contribution in [1.82, 2.24) is 10.9 Å². The van der Waals surface area contributed by atoms with E-state index in [0.717, 1.165) is 11.1 Å². The molecule has 0 bridgehead atoms. The maximum Gasteiger partial charge on any atom is 0.415 e. The van der Waals surface area contributed by atoms with Crippen molar-refractivity contribution >= 4 is 23.7 Å². The van der Waals surface area contributed by atoms with E-state index in [2.05, 4.69) is 10.9 Å². The fourth-order valence-corrected chi connectivity index (χ4v) is 3.42. The fourth-order valence-electron chi connectivity index (χ4n) is 3.42. The fraction of sp³-hybridized carbons (Fsp3) is 0.348. The SMILES string of the molecule is CC(C)(C)OC(=O)N1c2ccccc2CC1C(=O)NN[C@@H](Cc1ccccc1)C(=O)O. The first-order chi connectivity index (χ1) is 14.7. The monoisotopic (exact) mass is 425 g/mol. The second-order valence-corrected chi connectivity index (χ2v) is 8.41. The summed E-state index contributed by atoms with van der Waals surface area (Å²) in [5, 5.41) is 9.52. The van der Waals surface area contributed by atoms with E-state index in [1.54, 1.807) is 32.9 Å². The number of nitrogens with zero attached hydrogens (tertiary/aromatic N) is 1. The number of carboxylic acids is 1. The normalized spacial score (nSPS) is 16.4. The number of benzene rings is 2.